The average Bonchev–Trinajstić information content (AvgIpc) is 1.37. The predicted octanol–water partition coefficient (Wildman–Crippen LogP) is 0.277. The van der Waals surface area contributed by atoms with E-state index in [-0.39, 0.29) is 34.1 Å². The summed E-state index contributed by atoms with van der Waals surface area (Å²) in [4.78, 5) is 8.93. The van der Waals surface area contributed by atoms with Crippen LogP contribution >= 0.6 is 0 Å². The fourth-order valence-corrected chi connectivity index (χ4v) is 0. The van der Waals surface area contributed by atoms with Gasteiger partial charge in [-0.15, -0.1) is 0 Å². The van der Waals surface area contributed by atoms with Crippen molar-refractivity contribution in [2.45, 2.75) is 0 Å². The van der Waals surface area contributed by atoms with E-state index in [9.17, 15) is 0 Å². The molecule has 1 nitrogen and oxygen atoms in total. The minimum Gasteiger partial charge on any atom is -0.419 e. The third kappa shape index (κ3) is 25.2. The van der Waals surface area contributed by atoms with Crippen molar-refractivity contribution in [2.24, 2.45) is 0 Å². The molecule has 0 aromatic heterocycles. The molecule has 0 fully saturated rings. The number of carbonyl (C=O) groups excluding carboxylic acids is 1. The summed E-state index contributed by atoms with van der Waals surface area (Å²) in [5.74, 6) is 0. The standard InChI is InChI=1S/C3H3O.2Cu/c1-2-3-4;;/h2H,1H2;;/q-1;;+1. The molecule has 0 spiro atoms. The maximum absolute atomic E-state index is 8.93. The van der Waals surface area contributed by atoms with Gasteiger partial charge in [-0.3, -0.25) is 0 Å². The van der Waals surface area contributed by atoms with Gasteiger partial charge in [-0.25, -0.2) is 12.7 Å². The van der Waals surface area contributed by atoms with Crippen LogP contribution in [0.2, 0.25) is 0 Å². The molecule has 0 aliphatic carbocycles. The van der Waals surface area contributed by atoms with Crippen LogP contribution in [-0.2, 0) is 38.9 Å². The molecular formula is C3H3Cu2O. The molecule has 0 N–H and O–H groups in total. The van der Waals surface area contributed by atoms with E-state index in [1.165, 1.54) is 6.29 Å². The molecule has 0 saturated heterocycles. The Kier molecular flexibility index (Phi) is 48.2. The van der Waals surface area contributed by atoms with Crippen molar-refractivity contribution < 1.29 is 38.9 Å². The van der Waals surface area contributed by atoms with Crippen LogP contribution in [0.15, 0.2) is 12.7 Å². The zero-order chi connectivity index (χ0) is 3.41. The van der Waals surface area contributed by atoms with Gasteiger partial charge in [0.05, 0.1) is 0 Å². The normalized spacial score (nSPS) is 3.33. The number of hydrogen-bond donors (Lipinski definition) is 0. The van der Waals surface area contributed by atoms with E-state index in [0.29, 0.717) is 0 Å². The summed E-state index contributed by atoms with van der Waals surface area (Å²) in [5.41, 5.74) is 0. The van der Waals surface area contributed by atoms with Gasteiger partial charge in [-0.05, 0) is 6.29 Å². The molecule has 0 rings (SSSR count). The van der Waals surface area contributed by atoms with E-state index >= 15 is 0 Å². The van der Waals surface area contributed by atoms with Gasteiger partial charge in [0.25, 0.3) is 0 Å². The molecule has 0 aliphatic heterocycles. The molecule has 1 radical (unpaired) electrons. The summed E-state index contributed by atoms with van der Waals surface area (Å²) in [6.07, 6.45) is 2.51. The zero-order valence-electron chi connectivity index (χ0n) is 2.80. The SMILES string of the molecule is C=C[C-]=O.[Cu+].[Cu]. The molecule has 6 heavy (non-hydrogen) atoms. The van der Waals surface area contributed by atoms with Gasteiger partial charge in [0.2, 0.25) is 0 Å². The quantitative estimate of drug-likeness (QED) is 0.323. The molecule has 43 valence electrons. The fourth-order valence-electron chi connectivity index (χ4n) is 0. The first-order valence-electron chi connectivity index (χ1n) is 0.901. The van der Waals surface area contributed by atoms with Crippen LogP contribution in [0.1, 0.15) is 0 Å². The fraction of sp³-hybridized carbons (Fsp3) is 0. The van der Waals surface area contributed by atoms with E-state index < -0.39 is 0 Å². The Morgan fingerprint density at radius 2 is 1.83 bits per heavy atom. The molecule has 3 heteroatoms. The predicted molar refractivity (Wildman–Crippen MR) is 15.9 cm³/mol. The molecule has 0 unspecified atom stereocenters. The van der Waals surface area contributed by atoms with Crippen molar-refractivity contribution in [1.82, 2.24) is 0 Å². The summed E-state index contributed by atoms with van der Waals surface area (Å²) < 4.78 is 0. The first kappa shape index (κ1) is 16.1. The molecule has 0 amide bonds. The Balaban J connectivity index is -0.0000000450. The van der Waals surface area contributed by atoms with Crippen molar-refractivity contribution >= 4 is 6.29 Å². The Labute approximate surface area is 58.1 Å². The largest absolute Gasteiger partial charge is 1.00 e. The minimum absolute atomic E-state index is 0. The van der Waals surface area contributed by atoms with E-state index in [2.05, 4.69) is 6.58 Å². The minimum atomic E-state index is 0. The molecule has 0 heterocycles. The van der Waals surface area contributed by atoms with Crippen LogP contribution in [-0.4, -0.2) is 6.29 Å². The molecule has 0 atom stereocenters. The summed E-state index contributed by atoms with van der Waals surface area (Å²) in [6.45, 7) is 3.06. The second-order valence-electron chi connectivity index (χ2n) is 0.322. The molecular weight excluding hydrogens is 179 g/mol. The molecule has 0 aromatic rings. The van der Waals surface area contributed by atoms with Crippen LogP contribution in [0.3, 0.4) is 0 Å². The average molecular weight is 182 g/mol. The third-order valence-electron chi connectivity index (χ3n) is 0.0833. The van der Waals surface area contributed by atoms with Gasteiger partial charge in [0.15, 0.2) is 0 Å². The smallest absolute Gasteiger partial charge is 0.419 e. The van der Waals surface area contributed by atoms with E-state index in [1.54, 1.807) is 0 Å². The second-order valence-corrected chi connectivity index (χ2v) is 0.322. The van der Waals surface area contributed by atoms with Gasteiger partial charge < -0.3 is 4.79 Å². The molecule has 0 aromatic carbocycles. The Morgan fingerprint density at radius 1 is 1.67 bits per heavy atom. The van der Waals surface area contributed by atoms with Gasteiger partial charge in [-0.2, -0.15) is 0 Å². The first-order chi connectivity index (χ1) is 1.91. The Hall–Kier alpha value is 0.449. The van der Waals surface area contributed by atoms with Gasteiger partial charge >= 0.3 is 17.1 Å². The van der Waals surface area contributed by atoms with Crippen LogP contribution in [0.5, 0.6) is 0 Å². The zero-order valence-corrected chi connectivity index (χ0v) is 4.68. The van der Waals surface area contributed by atoms with Crippen LogP contribution in [0, 0.1) is 0 Å². The first-order valence-corrected chi connectivity index (χ1v) is 0.901. The van der Waals surface area contributed by atoms with Crippen molar-refractivity contribution in [3.05, 3.63) is 12.7 Å². The van der Waals surface area contributed by atoms with Crippen molar-refractivity contribution in [1.29, 1.82) is 0 Å². The summed E-state index contributed by atoms with van der Waals surface area (Å²) in [5, 5.41) is 0. The Morgan fingerprint density at radius 3 is 1.83 bits per heavy atom. The summed E-state index contributed by atoms with van der Waals surface area (Å²) in [7, 11) is 0. The summed E-state index contributed by atoms with van der Waals surface area (Å²) in [6, 6.07) is 0. The second kappa shape index (κ2) is 18.0. The molecule has 0 aliphatic rings. The van der Waals surface area contributed by atoms with Gasteiger partial charge in [-0.1, -0.05) is 0 Å². The van der Waals surface area contributed by atoms with Crippen LogP contribution in [0.4, 0.5) is 0 Å². The van der Waals surface area contributed by atoms with Gasteiger partial charge in [0.1, 0.15) is 0 Å². The van der Waals surface area contributed by atoms with Crippen molar-refractivity contribution in [3.63, 3.8) is 0 Å². The molecule has 0 saturated carbocycles. The van der Waals surface area contributed by atoms with Crippen molar-refractivity contribution in [3.8, 4) is 0 Å². The Bertz CT molecular complexity index is 29.8. The molecule has 0 bridgehead atoms. The maximum Gasteiger partial charge on any atom is 1.00 e. The number of hydrogen-bond acceptors (Lipinski definition) is 1. The number of rotatable bonds is 1. The van der Waals surface area contributed by atoms with E-state index in [4.69, 9.17) is 4.79 Å². The van der Waals surface area contributed by atoms with Gasteiger partial charge in [0, 0.05) is 17.1 Å². The van der Waals surface area contributed by atoms with Crippen LogP contribution < -0.4 is 0 Å². The van der Waals surface area contributed by atoms with E-state index in [1.807, 2.05) is 0 Å². The third-order valence-corrected chi connectivity index (χ3v) is 0.0833. The van der Waals surface area contributed by atoms with E-state index in [0.717, 1.165) is 6.08 Å². The maximum atomic E-state index is 8.93. The topological polar surface area (TPSA) is 17.1 Å². The monoisotopic (exact) mass is 181 g/mol. The summed E-state index contributed by atoms with van der Waals surface area (Å²) >= 11 is 0. The van der Waals surface area contributed by atoms with Crippen molar-refractivity contribution in [2.75, 3.05) is 0 Å². The number of allylic oxidation sites excluding steroid dienone is 1. The van der Waals surface area contributed by atoms with Crippen LogP contribution in [0.25, 0.3) is 0 Å².